The quantitative estimate of drug-likeness (QED) is 0.806. The Hall–Kier alpha value is -2.29. The molecule has 3 rings (SSSR count). The highest BCUT2D eigenvalue weighted by molar-refractivity contribution is 7.95. The van der Waals surface area contributed by atoms with Crippen LogP contribution >= 0.6 is 11.6 Å². The molecule has 0 aliphatic carbocycles. The Morgan fingerprint density at radius 3 is 2.48 bits per heavy atom. The van der Waals surface area contributed by atoms with Gasteiger partial charge in [0.1, 0.15) is 6.07 Å². The average molecular weight is 317 g/mol. The summed E-state index contributed by atoms with van der Waals surface area (Å²) in [5, 5.41) is 9.55. The molecule has 104 valence electrons. The molecule has 1 heterocycles. The molecule has 0 aromatic heterocycles. The summed E-state index contributed by atoms with van der Waals surface area (Å²) in [5.74, 6) is 0. The molecule has 6 heteroatoms. The number of benzene rings is 2. The minimum Gasteiger partial charge on any atom is -0.314 e. The molecule has 0 radical (unpaired) electrons. The van der Waals surface area contributed by atoms with Gasteiger partial charge in [0.05, 0.1) is 10.6 Å². The van der Waals surface area contributed by atoms with Crippen LogP contribution in [-0.4, -0.2) is 8.42 Å². The molecular weight excluding hydrogens is 308 g/mol. The summed E-state index contributed by atoms with van der Waals surface area (Å²) in [7, 11) is -3.79. The van der Waals surface area contributed by atoms with Crippen LogP contribution in [0.25, 0.3) is 0 Å². The molecule has 0 saturated heterocycles. The van der Waals surface area contributed by atoms with E-state index in [2.05, 4.69) is 0 Å². The fourth-order valence-corrected chi connectivity index (χ4v) is 3.62. The summed E-state index contributed by atoms with van der Waals surface area (Å²) >= 11 is 5.99. The van der Waals surface area contributed by atoms with Gasteiger partial charge in [0.15, 0.2) is 4.91 Å². The Kier molecular flexibility index (Phi) is 3.20. The highest BCUT2D eigenvalue weighted by Crippen LogP contribution is 2.40. The number of hydrogen-bond acceptors (Lipinski definition) is 4. The lowest BCUT2D eigenvalue weighted by Gasteiger charge is -2.27. The number of halogens is 1. The van der Waals surface area contributed by atoms with Gasteiger partial charge in [-0.2, -0.15) is 5.26 Å². The highest BCUT2D eigenvalue weighted by Gasteiger charge is 2.32. The van der Waals surface area contributed by atoms with Crippen LogP contribution in [0.4, 0.5) is 11.4 Å². The summed E-state index contributed by atoms with van der Waals surface area (Å²) in [4.78, 5) is 1.44. The molecule has 0 N–H and O–H groups in total. The van der Waals surface area contributed by atoms with E-state index in [9.17, 15) is 8.42 Å². The maximum atomic E-state index is 12.4. The normalized spacial score (nSPS) is 15.8. The van der Waals surface area contributed by atoms with Gasteiger partial charge >= 0.3 is 0 Å². The van der Waals surface area contributed by atoms with Gasteiger partial charge in [-0.3, -0.25) is 0 Å². The molecule has 0 saturated carbocycles. The van der Waals surface area contributed by atoms with E-state index in [1.54, 1.807) is 17.0 Å². The maximum Gasteiger partial charge on any atom is 0.220 e. The fourth-order valence-electron chi connectivity index (χ4n) is 2.17. The van der Waals surface area contributed by atoms with Gasteiger partial charge in [0.2, 0.25) is 9.84 Å². The number of nitriles is 1. The molecule has 1 aliphatic rings. The van der Waals surface area contributed by atoms with E-state index in [0.29, 0.717) is 10.7 Å². The SMILES string of the molecule is N#CC1=CN(c2ccccc2)c2cc(Cl)ccc2S1(=O)=O. The molecule has 1 aliphatic heterocycles. The van der Waals surface area contributed by atoms with E-state index in [1.807, 2.05) is 30.3 Å². The molecule has 0 fully saturated rings. The number of rotatable bonds is 1. The van der Waals surface area contributed by atoms with Gasteiger partial charge < -0.3 is 4.90 Å². The van der Waals surface area contributed by atoms with Crippen molar-refractivity contribution < 1.29 is 8.42 Å². The second-order valence-corrected chi connectivity index (χ2v) is 6.75. The van der Waals surface area contributed by atoms with Crippen LogP contribution < -0.4 is 4.90 Å². The Morgan fingerprint density at radius 2 is 1.81 bits per heavy atom. The van der Waals surface area contributed by atoms with E-state index >= 15 is 0 Å². The lowest BCUT2D eigenvalue weighted by atomic mass is 10.2. The monoisotopic (exact) mass is 316 g/mol. The molecule has 0 bridgehead atoms. The van der Waals surface area contributed by atoms with Crippen LogP contribution in [0.15, 0.2) is 64.5 Å². The number of anilines is 2. The Balaban J connectivity index is 2.32. The van der Waals surface area contributed by atoms with Gasteiger partial charge in [-0.05, 0) is 30.3 Å². The Labute approximate surface area is 127 Å². The zero-order valence-corrected chi connectivity index (χ0v) is 12.3. The summed E-state index contributed by atoms with van der Waals surface area (Å²) in [6.07, 6.45) is 1.32. The molecule has 2 aromatic carbocycles. The van der Waals surface area contributed by atoms with Crippen molar-refractivity contribution in [1.82, 2.24) is 0 Å². The maximum absolute atomic E-state index is 12.4. The molecule has 2 aromatic rings. The second kappa shape index (κ2) is 4.92. The summed E-state index contributed by atoms with van der Waals surface area (Å²) in [5.41, 5.74) is 1.19. The smallest absolute Gasteiger partial charge is 0.220 e. The third-order valence-electron chi connectivity index (χ3n) is 3.15. The third kappa shape index (κ3) is 2.19. The summed E-state index contributed by atoms with van der Waals surface area (Å²) in [6.45, 7) is 0. The van der Waals surface area contributed by atoms with E-state index < -0.39 is 9.84 Å². The van der Waals surface area contributed by atoms with E-state index in [1.165, 1.54) is 18.3 Å². The molecular formula is C15H9ClN2O2S. The van der Waals surface area contributed by atoms with E-state index in [4.69, 9.17) is 16.9 Å². The average Bonchev–Trinajstić information content (AvgIpc) is 2.48. The molecule has 0 spiro atoms. The van der Waals surface area contributed by atoms with Crippen LogP contribution in [0.3, 0.4) is 0 Å². The van der Waals surface area contributed by atoms with Crippen molar-refractivity contribution in [3.05, 3.63) is 64.7 Å². The van der Waals surface area contributed by atoms with Crippen LogP contribution in [0.2, 0.25) is 5.02 Å². The second-order valence-electron chi connectivity index (χ2n) is 4.43. The standard InChI is InChI=1S/C15H9ClN2O2S/c16-11-6-7-15-14(8-11)18(12-4-2-1-3-5-12)10-13(9-17)21(15,19)20/h1-8,10H. The molecule has 0 atom stereocenters. The van der Waals surface area contributed by atoms with Crippen molar-refractivity contribution >= 4 is 32.8 Å². The molecule has 21 heavy (non-hydrogen) atoms. The first kappa shape index (κ1) is 13.7. The van der Waals surface area contributed by atoms with Gasteiger partial charge in [-0.25, -0.2) is 8.42 Å². The van der Waals surface area contributed by atoms with Crippen molar-refractivity contribution in [3.63, 3.8) is 0 Å². The number of para-hydroxylation sites is 1. The summed E-state index contributed by atoms with van der Waals surface area (Å²) < 4.78 is 24.7. The van der Waals surface area contributed by atoms with Crippen LogP contribution in [-0.2, 0) is 9.84 Å². The first-order chi connectivity index (χ1) is 10.0. The van der Waals surface area contributed by atoms with Crippen LogP contribution in [0, 0.1) is 11.3 Å². The van der Waals surface area contributed by atoms with Gasteiger partial charge in [-0.15, -0.1) is 0 Å². The number of hydrogen-bond donors (Lipinski definition) is 0. The lowest BCUT2D eigenvalue weighted by Crippen LogP contribution is -2.21. The van der Waals surface area contributed by atoms with Gasteiger partial charge in [-0.1, -0.05) is 29.8 Å². The minimum atomic E-state index is -3.79. The molecule has 4 nitrogen and oxygen atoms in total. The zero-order chi connectivity index (χ0) is 15.0. The Bertz CT molecular complexity index is 884. The highest BCUT2D eigenvalue weighted by atomic mass is 35.5. The van der Waals surface area contributed by atoms with E-state index in [-0.39, 0.29) is 9.80 Å². The lowest BCUT2D eigenvalue weighted by molar-refractivity contribution is 0.602. The van der Waals surface area contributed by atoms with Crippen molar-refractivity contribution in [2.75, 3.05) is 4.90 Å². The topological polar surface area (TPSA) is 61.2 Å². The molecule has 0 unspecified atom stereocenters. The number of sulfone groups is 1. The number of fused-ring (bicyclic) bond motifs is 1. The third-order valence-corrected chi connectivity index (χ3v) is 5.09. The minimum absolute atomic E-state index is 0.0785. The summed E-state index contributed by atoms with van der Waals surface area (Å²) in [6, 6.07) is 15.4. The fraction of sp³-hybridized carbons (Fsp3) is 0. The van der Waals surface area contributed by atoms with Gasteiger partial charge in [0.25, 0.3) is 0 Å². The van der Waals surface area contributed by atoms with Crippen molar-refractivity contribution in [1.29, 1.82) is 5.26 Å². The van der Waals surface area contributed by atoms with Crippen LogP contribution in [0.1, 0.15) is 0 Å². The largest absolute Gasteiger partial charge is 0.314 e. The van der Waals surface area contributed by atoms with Crippen molar-refractivity contribution in [3.8, 4) is 6.07 Å². The first-order valence-corrected chi connectivity index (χ1v) is 7.91. The predicted octanol–water partition coefficient (Wildman–Crippen LogP) is 3.63. The Morgan fingerprint density at radius 1 is 1.10 bits per heavy atom. The van der Waals surface area contributed by atoms with Crippen LogP contribution in [0.5, 0.6) is 0 Å². The van der Waals surface area contributed by atoms with E-state index in [0.717, 1.165) is 5.69 Å². The van der Waals surface area contributed by atoms with Gasteiger partial charge in [0, 0.05) is 16.9 Å². The molecule has 0 amide bonds. The zero-order valence-electron chi connectivity index (χ0n) is 10.7. The predicted molar refractivity (Wildman–Crippen MR) is 80.9 cm³/mol. The van der Waals surface area contributed by atoms with Crippen molar-refractivity contribution in [2.45, 2.75) is 4.90 Å². The number of allylic oxidation sites excluding steroid dienone is 1. The first-order valence-electron chi connectivity index (χ1n) is 6.05. The number of nitrogens with zero attached hydrogens (tertiary/aromatic N) is 2. The van der Waals surface area contributed by atoms with Crippen molar-refractivity contribution in [2.24, 2.45) is 0 Å².